The molecule has 6 heteroatoms. The molecule has 150 valence electrons. The number of nitrogens with one attached hydrogen (secondary N) is 2. The molecule has 2 N–H and O–H groups in total. The van der Waals surface area contributed by atoms with Crippen LogP contribution >= 0.6 is 0 Å². The number of hydrazine groups is 1. The molecular weight excluding hydrogens is 356 g/mol. The van der Waals surface area contributed by atoms with Crippen LogP contribution in [-0.2, 0) is 9.59 Å². The predicted octanol–water partition coefficient (Wildman–Crippen LogP) is 3.50. The highest BCUT2D eigenvalue weighted by Crippen LogP contribution is 2.29. The zero-order valence-electron chi connectivity index (χ0n) is 16.8. The molecule has 28 heavy (non-hydrogen) atoms. The van der Waals surface area contributed by atoms with Crippen LogP contribution in [0, 0.1) is 6.92 Å². The van der Waals surface area contributed by atoms with E-state index in [9.17, 15) is 9.59 Å². The summed E-state index contributed by atoms with van der Waals surface area (Å²) >= 11 is 0. The summed E-state index contributed by atoms with van der Waals surface area (Å²) in [4.78, 5) is 24.1. The second kappa shape index (κ2) is 10.3. The van der Waals surface area contributed by atoms with E-state index in [0.717, 1.165) is 17.5 Å². The maximum Gasteiger partial charge on any atom is 0.279 e. The van der Waals surface area contributed by atoms with E-state index in [0.29, 0.717) is 17.4 Å². The minimum Gasteiger partial charge on any atom is -0.484 e. The highest BCUT2D eigenvalue weighted by atomic mass is 16.5. The lowest BCUT2D eigenvalue weighted by molar-refractivity contribution is -0.133. The van der Waals surface area contributed by atoms with Crippen molar-refractivity contribution in [1.29, 1.82) is 0 Å². The summed E-state index contributed by atoms with van der Waals surface area (Å²) in [5.74, 6) is 0.688. The highest BCUT2D eigenvalue weighted by Gasteiger charge is 2.18. The Bertz CT molecular complexity index is 789. The first kappa shape index (κ1) is 21.3. The smallest absolute Gasteiger partial charge is 0.279 e. The van der Waals surface area contributed by atoms with E-state index in [1.54, 1.807) is 19.1 Å². The van der Waals surface area contributed by atoms with E-state index >= 15 is 0 Å². The molecule has 0 aliphatic carbocycles. The maximum absolute atomic E-state index is 12.2. The summed E-state index contributed by atoms with van der Waals surface area (Å²) in [6, 6.07) is 15.0. The number of benzene rings is 2. The third-order valence-corrected chi connectivity index (χ3v) is 4.45. The van der Waals surface area contributed by atoms with Crippen LogP contribution in [0.1, 0.15) is 44.2 Å². The van der Waals surface area contributed by atoms with Crippen LogP contribution < -0.4 is 20.3 Å². The quantitative estimate of drug-likeness (QED) is 0.683. The van der Waals surface area contributed by atoms with E-state index < -0.39 is 17.9 Å². The first-order chi connectivity index (χ1) is 13.4. The fourth-order valence-corrected chi connectivity index (χ4v) is 2.51. The Hall–Kier alpha value is -3.02. The summed E-state index contributed by atoms with van der Waals surface area (Å²) in [6.07, 6.45) is 0.210. The van der Waals surface area contributed by atoms with Gasteiger partial charge in [0.2, 0.25) is 0 Å². The van der Waals surface area contributed by atoms with Crippen molar-refractivity contribution >= 4 is 11.8 Å². The van der Waals surface area contributed by atoms with Gasteiger partial charge in [-0.3, -0.25) is 20.4 Å². The molecule has 0 radical (unpaired) electrons. The van der Waals surface area contributed by atoms with Gasteiger partial charge in [-0.1, -0.05) is 49.7 Å². The molecule has 0 saturated carbocycles. The van der Waals surface area contributed by atoms with Crippen molar-refractivity contribution in [1.82, 2.24) is 10.9 Å². The van der Waals surface area contributed by atoms with Gasteiger partial charge < -0.3 is 9.47 Å². The van der Waals surface area contributed by atoms with Crippen molar-refractivity contribution < 1.29 is 19.1 Å². The van der Waals surface area contributed by atoms with Crippen LogP contribution in [0.3, 0.4) is 0 Å². The van der Waals surface area contributed by atoms with Gasteiger partial charge in [-0.05, 0) is 49.9 Å². The van der Waals surface area contributed by atoms with Crippen LogP contribution in [0.5, 0.6) is 11.5 Å². The average Bonchev–Trinajstić information content (AvgIpc) is 2.71. The van der Waals surface area contributed by atoms with Gasteiger partial charge in [-0.2, -0.15) is 0 Å². The minimum absolute atomic E-state index is 0.199. The molecule has 2 aromatic rings. The molecule has 0 heterocycles. The van der Waals surface area contributed by atoms with Gasteiger partial charge in [0.15, 0.2) is 12.7 Å². The van der Waals surface area contributed by atoms with Crippen LogP contribution in [-0.4, -0.2) is 24.5 Å². The SMILES string of the molecule is CCC(C)c1ccccc1OC(C)C(=O)NNC(=O)COc1ccc(C)cc1. The fourth-order valence-electron chi connectivity index (χ4n) is 2.51. The molecule has 2 rings (SSSR count). The van der Waals surface area contributed by atoms with Crippen molar-refractivity contribution in [3.8, 4) is 11.5 Å². The van der Waals surface area contributed by atoms with E-state index in [1.807, 2.05) is 43.3 Å². The predicted molar refractivity (Wildman–Crippen MR) is 108 cm³/mol. The van der Waals surface area contributed by atoms with E-state index in [-0.39, 0.29) is 6.61 Å². The summed E-state index contributed by atoms with van der Waals surface area (Å²) in [5, 5.41) is 0. The Morgan fingerprint density at radius 2 is 1.68 bits per heavy atom. The van der Waals surface area contributed by atoms with Gasteiger partial charge in [0.05, 0.1) is 0 Å². The lowest BCUT2D eigenvalue weighted by Gasteiger charge is -2.19. The number of carbonyl (C=O) groups excluding carboxylic acids is 2. The first-order valence-electron chi connectivity index (χ1n) is 9.44. The van der Waals surface area contributed by atoms with Gasteiger partial charge in [0, 0.05) is 0 Å². The highest BCUT2D eigenvalue weighted by molar-refractivity contribution is 5.85. The largest absolute Gasteiger partial charge is 0.484 e. The topological polar surface area (TPSA) is 76.7 Å². The average molecular weight is 384 g/mol. The molecule has 0 aliphatic heterocycles. The van der Waals surface area contributed by atoms with Crippen molar-refractivity contribution in [2.24, 2.45) is 0 Å². The Labute approximate surface area is 166 Å². The molecule has 0 bridgehead atoms. The van der Waals surface area contributed by atoms with Gasteiger partial charge >= 0.3 is 0 Å². The van der Waals surface area contributed by atoms with E-state index in [4.69, 9.17) is 9.47 Å². The van der Waals surface area contributed by atoms with Crippen molar-refractivity contribution in [3.05, 3.63) is 59.7 Å². The zero-order chi connectivity index (χ0) is 20.5. The maximum atomic E-state index is 12.2. The van der Waals surface area contributed by atoms with Crippen molar-refractivity contribution in [2.75, 3.05) is 6.61 Å². The number of aryl methyl sites for hydroxylation is 1. The number of hydrogen-bond acceptors (Lipinski definition) is 4. The Kier molecular flexibility index (Phi) is 7.87. The molecule has 0 aliphatic rings. The summed E-state index contributed by atoms with van der Waals surface area (Å²) < 4.78 is 11.2. The van der Waals surface area contributed by atoms with Crippen LogP contribution in [0.4, 0.5) is 0 Å². The van der Waals surface area contributed by atoms with Gasteiger partial charge in [0.25, 0.3) is 11.8 Å². The Morgan fingerprint density at radius 3 is 2.36 bits per heavy atom. The first-order valence-corrected chi connectivity index (χ1v) is 9.44. The Morgan fingerprint density at radius 1 is 1.00 bits per heavy atom. The molecule has 2 atom stereocenters. The Balaban J connectivity index is 1.81. The number of rotatable bonds is 8. The number of para-hydroxylation sites is 1. The standard InChI is InChI=1S/C22H28N2O4/c1-5-16(3)19-8-6-7-9-20(19)28-17(4)22(26)24-23-21(25)14-27-18-12-10-15(2)11-13-18/h6-13,16-17H,5,14H2,1-4H3,(H,23,25)(H,24,26). The zero-order valence-corrected chi connectivity index (χ0v) is 16.8. The lowest BCUT2D eigenvalue weighted by atomic mass is 9.98. The molecule has 0 saturated heterocycles. The normalized spacial score (nSPS) is 12.6. The molecule has 0 aromatic heterocycles. The van der Waals surface area contributed by atoms with Crippen molar-refractivity contribution in [3.63, 3.8) is 0 Å². The molecule has 0 spiro atoms. The molecule has 0 fully saturated rings. The van der Waals surface area contributed by atoms with Crippen molar-refractivity contribution in [2.45, 2.75) is 46.1 Å². The second-order valence-corrected chi connectivity index (χ2v) is 6.75. The van der Waals surface area contributed by atoms with Crippen LogP contribution in [0.15, 0.2) is 48.5 Å². The lowest BCUT2D eigenvalue weighted by Crippen LogP contribution is -2.48. The third-order valence-electron chi connectivity index (χ3n) is 4.45. The van der Waals surface area contributed by atoms with Gasteiger partial charge in [0.1, 0.15) is 11.5 Å². The number of ether oxygens (including phenoxy) is 2. The summed E-state index contributed by atoms with van der Waals surface area (Å²) in [5.41, 5.74) is 6.86. The monoisotopic (exact) mass is 384 g/mol. The van der Waals surface area contributed by atoms with E-state index in [1.165, 1.54) is 0 Å². The van der Waals surface area contributed by atoms with Crippen LogP contribution in [0.25, 0.3) is 0 Å². The summed E-state index contributed by atoms with van der Waals surface area (Å²) in [7, 11) is 0. The molecule has 2 aromatic carbocycles. The fraction of sp³-hybridized carbons (Fsp3) is 0.364. The number of amides is 2. The van der Waals surface area contributed by atoms with Gasteiger partial charge in [-0.15, -0.1) is 0 Å². The number of hydrogen-bond donors (Lipinski definition) is 2. The van der Waals surface area contributed by atoms with E-state index in [2.05, 4.69) is 24.7 Å². The van der Waals surface area contributed by atoms with Gasteiger partial charge in [-0.25, -0.2) is 0 Å². The molecular formula is C22H28N2O4. The molecule has 6 nitrogen and oxygen atoms in total. The molecule has 2 unspecified atom stereocenters. The third kappa shape index (κ3) is 6.30. The van der Waals surface area contributed by atoms with Crippen LogP contribution in [0.2, 0.25) is 0 Å². The summed E-state index contributed by atoms with van der Waals surface area (Å²) in [6.45, 7) is 7.62. The molecule has 2 amide bonds. The number of carbonyl (C=O) groups is 2. The minimum atomic E-state index is -0.761. The second-order valence-electron chi connectivity index (χ2n) is 6.75.